The van der Waals surface area contributed by atoms with Crippen LogP contribution in [-0.4, -0.2) is 24.4 Å². The summed E-state index contributed by atoms with van der Waals surface area (Å²) >= 11 is 0. The summed E-state index contributed by atoms with van der Waals surface area (Å²) in [7, 11) is 2.14. The van der Waals surface area contributed by atoms with Crippen molar-refractivity contribution in [3.8, 4) is 12.3 Å². The van der Waals surface area contributed by atoms with Gasteiger partial charge in [0.1, 0.15) is 0 Å². The number of allylic oxidation sites excluding steroid dienone is 2. The first-order valence-corrected chi connectivity index (χ1v) is 11.8. The Kier molecular flexibility index (Phi) is 38.8. The minimum atomic E-state index is -2.32. The van der Waals surface area contributed by atoms with Crippen molar-refractivity contribution in [1.82, 2.24) is 4.90 Å². The third-order valence-corrected chi connectivity index (χ3v) is 3.64. The molecule has 1 fully saturated rings. The molecule has 0 spiro atoms. The molecule has 1 rings (SSSR count). The van der Waals surface area contributed by atoms with Crippen molar-refractivity contribution in [3.63, 3.8) is 0 Å². The van der Waals surface area contributed by atoms with Gasteiger partial charge in [0.05, 0.1) is 0 Å². The zero-order valence-corrected chi connectivity index (χ0v) is 22.3. The van der Waals surface area contributed by atoms with Gasteiger partial charge in [-0.3, -0.25) is 0 Å². The summed E-state index contributed by atoms with van der Waals surface area (Å²) < 4.78 is 24.5. The zero-order chi connectivity index (χ0) is 24.5. The Morgan fingerprint density at radius 3 is 1.72 bits per heavy atom. The molecule has 0 bridgehead atoms. The Bertz CT molecular complexity index is 343. The van der Waals surface area contributed by atoms with E-state index < -0.39 is 5.92 Å². The lowest BCUT2D eigenvalue weighted by atomic mass is 9.77. The fraction of sp³-hybridized carbons (Fsp3) is 0.846. The highest BCUT2D eigenvalue weighted by Crippen LogP contribution is 2.45. The maximum atomic E-state index is 12.2. The van der Waals surface area contributed by atoms with Crippen LogP contribution in [0.25, 0.3) is 0 Å². The third-order valence-electron chi connectivity index (χ3n) is 3.64. The zero-order valence-electron chi connectivity index (χ0n) is 22.3. The van der Waals surface area contributed by atoms with Gasteiger partial charge in [0.15, 0.2) is 0 Å². The monoisotopic (exact) mass is 419 g/mol. The molecule has 178 valence electrons. The van der Waals surface area contributed by atoms with Crippen LogP contribution in [0, 0.1) is 24.2 Å². The van der Waals surface area contributed by atoms with Crippen molar-refractivity contribution in [2.45, 2.75) is 121 Å². The van der Waals surface area contributed by atoms with Crippen molar-refractivity contribution in [1.29, 1.82) is 0 Å². The van der Waals surface area contributed by atoms with Crippen LogP contribution in [0.4, 0.5) is 8.78 Å². The van der Waals surface area contributed by atoms with Crippen molar-refractivity contribution >= 4 is 0 Å². The topological polar surface area (TPSA) is 3.24 Å². The second-order valence-corrected chi connectivity index (χ2v) is 6.72. The molecule has 0 saturated heterocycles. The number of rotatable bonds is 6. The largest absolute Gasteiger partial charge is 0.378 e. The summed E-state index contributed by atoms with van der Waals surface area (Å²) in [6.07, 6.45) is 10.5. The predicted octanol–water partition coefficient (Wildman–Crippen LogP) is 9.44. The molecule has 1 nitrogen and oxygen atoms in total. The van der Waals surface area contributed by atoms with Gasteiger partial charge in [-0.1, -0.05) is 75.3 Å². The minimum Gasteiger partial charge on any atom is -0.378 e. The van der Waals surface area contributed by atoms with Crippen molar-refractivity contribution < 1.29 is 8.78 Å². The lowest BCUT2D eigenvalue weighted by molar-refractivity contribution is -0.114. The first kappa shape index (κ1) is 38.6. The number of terminal acetylenes is 1. The van der Waals surface area contributed by atoms with Gasteiger partial charge in [-0.2, -0.15) is 0 Å². The molecule has 0 amide bonds. The van der Waals surface area contributed by atoms with Gasteiger partial charge in [-0.05, 0) is 44.9 Å². The number of nitrogens with zero attached hydrogens (tertiary/aromatic N) is 1. The van der Waals surface area contributed by atoms with E-state index in [-0.39, 0.29) is 12.8 Å². The highest BCUT2D eigenvalue weighted by Gasteiger charge is 2.44. The Hall–Kier alpha value is -1.04. The van der Waals surface area contributed by atoms with Crippen LogP contribution >= 0.6 is 0 Å². The Morgan fingerprint density at radius 1 is 1.10 bits per heavy atom. The second kappa shape index (κ2) is 29.2. The van der Waals surface area contributed by atoms with E-state index in [1.165, 1.54) is 18.7 Å². The fourth-order valence-corrected chi connectivity index (χ4v) is 2.58. The molecule has 0 aliphatic heterocycles. The molecule has 0 unspecified atom stereocenters. The molecule has 0 aromatic heterocycles. The molecule has 1 aliphatic carbocycles. The first-order chi connectivity index (χ1) is 13.6. The lowest BCUT2D eigenvalue weighted by Gasteiger charge is -2.35. The fourth-order valence-electron chi connectivity index (χ4n) is 2.58. The van der Waals surface area contributed by atoms with Crippen LogP contribution in [-0.2, 0) is 0 Å². The number of alkyl halides is 2. The molecular formula is C26H55F2N. The lowest BCUT2D eigenvalue weighted by Crippen LogP contribution is -2.35. The van der Waals surface area contributed by atoms with Crippen LogP contribution < -0.4 is 0 Å². The molecule has 0 heterocycles. The number of halogens is 2. The van der Waals surface area contributed by atoms with Gasteiger partial charge in [-0.25, -0.2) is 8.78 Å². The average molecular weight is 420 g/mol. The number of hydrogen-bond acceptors (Lipinski definition) is 1. The van der Waals surface area contributed by atoms with Crippen molar-refractivity contribution in [3.05, 3.63) is 11.8 Å². The minimum absolute atomic E-state index is 0.130. The number of hydrogen-bond donors (Lipinski definition) is 0. The standard InChI is InChI=1S/C9H19N.C8H14F2.C3H4.3C2H6/c1-5-7-9(3)10(4)8-6-2;1-6(2)3-7-4-8(9,10)5-7;1-3-2;3*1-2/h7H,5-6,8H2,1-4H3;6-7H,3-5H2,1-2H3;1H,2H3;3*1-2H3/b9-7-;;;;;. The van der Waals surface area contributed by atoms with Gasteiger partial charge in [-0.15, -0.1) is 12.3 Å². The first-order valence-electron chi connectivity index (χ1n) is 11.8. The molecule has 1 aliphatic rings. The van der Waals surface area contributed by atoms with Crippen LogP contribution in [0.15, 0.2) is 11.8 Å². The van der Waals surface area contributed by atoms with E-state index in [0.29, 0.717) is 11.8 Å². The van der Waals surface area contributed by atoms with Crippen LogP contribution in [0.5, 0.6) is 0 Å². The van der Waals surface area contributed by atoms with Crippen LogP contribution in [0.1, 0.15) is 115 Å². The summed E-state index contributed by atoms with van der Waals surface area (Å²) in [6, 6.07) is 0. The molecule has 3 heteroatoms. The predicted molar refractivity (Wildman–Crippen MR) is 133 cm³/mol. The SMILES string of the molecule is C#CC.CC.CC.CC.CC(C)CC1CC(F)(F)C1.CC/C=C(/C)N(C)CCC. The van der Waals surface area contributed by atoms with E-state index in [4.69, 9.17) is 0 Å². The molecule has 1 saturated carbocycles. The smallest absolute Gasteiger partial charge is 0.248 e. The van der Waals surface area contributed by atoms with Crippen LogP contribution in [0.3, 0.4) is 0 Å². The quantitative estimate of drug-likeness (QED) is 0.387. The van der Waals surface area contributed by atoms with E-state index in [1.54, 1.807) is 6.92 Å². The maximum Gasteiger partial charge on any atom is 0.248 e. The maximum absolute atomic E-state index is 12.2. The summed E-state index contributed by atoms with van der Waals surface area (Å²) in [5, 5.41) is 0. The van der Waals surface area contributed by atoms with E-state index in [1.807, 2.05) is 41.5 Å². The Morgan fingerprint density at radius 2 is 1.48 bits per heavy atom. The van der Waals surface area contributed by atoms with Gasteiger partial charge in [0, 0.05) is 32.1 Å². The molecule has 0 N–H and O–H groups in total. The normalized spacial score (nSPS) is 13.6. The summed E-state index contributed by atoms with van der Waals surface area (Å²) in [5.74, 6) is 0.802. The van der Waals surface area contributed by atoms with Gasteiger partial charge in [0.2, 0.25) is 5.92 Å². The Labute approximate surface area is 184 Å². The highest BCUT2D eigenvalue weighted by atomic mass is 19.3. The molecule has 0 radical (unpaired) electrons. The van der Waals surface area contributed by atoms with Gasteiger partial charge < -0.3 is 4.90 Å². The van der Waals surface area contributed by atoms with Crippen molar-refractivity contribution in [2.24, 2.45) is 11.8 Å². The molecular weight excluding hydrogens is 364 g/mol. The van der Waals surface area contributed by atoms with E-state index in [9.17, 15) is 8.78 Å². The average Bonchev–Trinajstić information content (AvgIpc) is 2.66. The van der Waals surface area contributed by atoms with Crippen LogP contribution in [0.2, 0.25) is 0 Å². The summed E-state index contributed by atoms with van der Waals surface area (Å²) in [5.41, 5.74) is 1.39. The second-order valence-electron chi connectivity index (χ2n) is 6.72. The molecule has 0 aromatic rings. The Balaban J connectivity index is -0.0000000950. The van der Waals surface area contributed by atoms with Gasteiger partial charge >= 0.3 is 0 Å². The van der Waals surface area contributed by atoms with Gasteiger partial charge in [0.25, 0.3) is 0 Å². The molecule has 0 aromatic carbocycles. The van der Waals surface area contributed by atoms with E-state index >= 15 is 0 Å². The van der Waals surface area contributed by atoms with Crippen molar-refractivity contribution in [2.75, 3.05) is 13.6 Å². The molecule has 29 heavy (non-hydrogen) atoms. The van der Waals surface area contributed by atoms with E-state index in [0.717, 1.165) is 12.8 Å². The third kappa shape index (κ3) is 31.9. The summed E-state index contributed by atoms with van der Waals surface area (Å²) in [4.78, 5) is 2.30. The molecule has 0 atom stereocenters. The summed E-state index contributed by atoms with van der Waals surface area (Å²) in [6.45, 7) is 25.5. The highest BCUT2D eigenvalue weighted by molar-refractivity contribution is 4.95. The van der Waals surface area contributed by atoms with E-state index in [2.05, 4.69) is 65.0 Å².